The normalized spacial score (nSPS) is 12.2. The van der Waals surface area contributed by atoms with Crippen LogP contribution in [0.5, 0.6) is 0 Å². The van der Waals surface area contributed by atoms with Gasteiger partial charge >= 0.3 is 0 Å². The molecular formula is C21H40S3. The summed E-state index contributed by atoms with van der Waals surface area (Å²) >= 11 is 5.54. The van der Waals surface area contributed by atoms with Crippen LogP contribution in [0, 0.1) is 0 Å². The molecule has 3 heteroatoms. The third kappa shape index (κ3) is 17.4. The van der Waals surface area contributed by atoms with E-state index >= 15 is 0 Å². The van der Waals surface area contributed by atoms with Crippen LogP contribution in [0.2, 0.25) is 0 Å². The first-order valence-corrected chi connectivity index (χ1v) is 12.6. The van der Waals surface area contributed by atoms with E-state index < -0.39 is 0 Å². The molecule has 142 valence electrons. The molecule has 0 aliphatic rings. The summed E-state index contributed by atoms with van der Waals surface area (Å²) in [5.74, 6) is 0. The summed E-state index contributed by atoms with van der Waals surface area (Å²) in [6, 6.07) is 0. The van der Waals surface area contributed by atoms with Gasteiger partial charge in [-0.25, -0.2) is 0 Å². The first kappa shape index (κ1) is 24.5. The van der Waals surface area contributed by atoms with Crippen LogP contribution in [-0.4, -0.2) is 8.94 Å². The summed E-state index contributed by atoms with van der Waals surface area (Å²) in [6.45, 7) is 9.10. The maximum atomic E-state index is 5.54. The van der Waals surface area contributed by atoms with Crippen LogP contribution in [0.4, 0.5) is 0 Å². The van der Waals surface area contributed by atoms with Crippen molar-refractivity contribution in [2.45, 2.75) is 116 Å². The number of unbranched alkanes of at least 4 members (excludes halogenated alkanes) is 9. The third-order valence-corrected chi connectivity index (χ3v) is 8.18. The molecule has 24 heavy (non-hydrogen) atoms. The average Bonchev–Trinajstić information content (AvgIpc) is 2.55. The molecule has 0 fully saturated rings. The highest BCUT2D eigenvalue weighted by Crippen LogP contribution is 2.40. The van der Waals surface area contributed by atoms with Crippen molar-refractivity contribution in [2.24, 2.45) is 0 Å². The fourth-order valence-electron chi connectivity index (χ4n) is 2.53. The van der Waals surface area contributed by atoms with Crippen molar-refractivity contribution in [3.8, 4) is 0 Å². The standard InChI is InChI=1S/C21H40S3/c1-5-7-9-10-11-12-13-14-15-16-18-20(22)23-24-21(3,4)19-17-8-6-2/h8,17H,5-7,9-16,18-19H2,1-4H3. The van der Waals surface area contributed by atoms with E-state index in [1.54, 1.807) is 0 Å². The van der Waals surface area contributed by atoms with Crippen LogP contribution in [0.3, 0.4) is 0 Å². The molecule has 0 rings (SSSR count). The number of hydrogen-bond acceptors (Lipinski definition) is 3. The Bertz CT molecular complexity index is 321. The molecule has 0 aliphatic carbocycles. The molecule has 0 unspecified atom stereocenters. The Kier molecular flexibility index (Phi) is 17.3. The zero-order chi connectivity index (χ0) is 18.1. The fraction of sp³-hybridized carbons (Fsp3) is 0.857. The molecule has 0 aromatic carbocycles. The summed E-state index contributed by atoms with van der Waals surface area (Å²) in [5.41, 5.74) is 0. The predicted molar refractivity (Wildman–Crippen MR) is 122 cm³/mol. The minimum Gasteiger partial charge on any atom is -0.0888 e. The van der Waals surface area contributed by atoms with Crippen molar-refractivity contribution in [3.63, 3.8) is 0 Å². The molecule has 0 heterocycles. The van der Waals surface area contributed by atoms with Crippen LogP contribution in [0.15, 0.2) is 12.2 Å². The molecule has 0 aliphatic heterocycles. The van der Waals surface area contributed by atoms with E-state index in [4.69, 9.17) is 12.2 Å². The molecule has 0 aromatic heterocycles. The van der Waals surface area contributed by atoms with Gasteiger partial charge in [-0.05, 0) is 50.3 Å². The SMILES string of the molecule is CCC=CCC(C)(C)SSC(=S)CCCCCCCCCCCC. The van der Waals surface area contributed by atoms with Crippen molar-refractivity contribution >= 4 is 38.0 Å². The minimum absolute atomic E-state index is 0.276. The fourth-order valence-corrected chi connectivity index (χ4v) is 5.10. The second kappa shape index (κ2) is 17.0. The van der Waals surface area contributed by atoms with Crippen molar-refractivity contribution in [3.05, 3.63) is 12.2 Å². The maximum Gasteiger partial charge on any atom is 0.0587 e. The zero-order valence-corrected chi connectivity index (χ0v) is 19.0. The van der Waals surface area contributed by atoms with E-state index in [0.717, 1.165) is 19.3 Å². The molecule has 0 aromatic rings. The lowest BCUT2D eigenvalue weighted by molar-refractivity contribution is 0.559. The molecule has 0 amide bonds. The van der Waals surface area contributed by atoms with Crippen LogP contribution >= 0.6 is 33.8 Å². The van der Waals surface area contributed by atoms with Crippen LogP contribution in [-0.2, 0) is 0 Å². The maximum absolute atomic E-state index is 5.54. The molecule has 0 nitrogen and oxygen atoms in total. The predicted octanol–water partition coefficient (Wildman–Crippen LogP) is 9.14. The Morgan fingerprint density at radius 1 is 0.833 bits per heavy atom. The van der Waals surface area contributed by atoms with Gasteiger partial charge in [-0.1, -0.05) is 107 Å². The van der Waals surface area contributed by atoms with Crippen LogP contribution < -0.4 is 0 Å². The van der Waals surface area contributed by atoms with Gasteiger partial charge in [0, 0.05) is 4.75 Å². The van der Waals surface area contributed by atoms with Gasteiger partial charge in [0.15, 0.2) is 0 Å². The van der Waals surface area contributed by atoms with Crippen molar-refractivity contribution in [1.82, 2.24) is 0 Å². The van der Waals surface area contributed by atoms with Gasteiger partial charge in [0.05, 0.1) is 4.20 Å². The zero-order valence-electron chi connectivity index (χ0n) is 16.6. The Balaban J connectivity index is 3.48. The topological polar surface area (TPSA) is 0 Å². The molecule has 0 saturated heterocycles. The number of thiocarbonyl (C=S) groups is 1. The van der Waals surface area contributed by atoms with Crippen molar-refractivity contribution in [2.75, 3.05) is 0 Å². The monoisotopic (exact) mass is 388 g/mol. The van der Waals surface area contributed by atoms with Gasteiger partial charge < -0.3 is 0 Å². The van der Waals surface area contributed by atoms with E-state index in [1.165, 1.54) is 68.4 Å². The van der Waals surface area contributed by atoms with Gasteiger partial charge in [-0.2, -0.15) is 0 Å². The molecule has 0 N–H and O–H groups in total. The Hall–Kier alpha value is 0.530. The van der Waals surface area contributed by atoms with E-state index in [0.29, 0.717) is 0 Å². The largest absolute Gasteiger partial charge is 0.0888 e. The number of allylic oxidation sites excluding steroid dienone is 2. The molecule has 0 saturated carbocycles. The Morgan fingerprint density at radius 3 is 1.92 bits per heavy atom. The van der Waals surface area contributed by atoms with E-state index in [-0.39, 0.29) is 4.75 Å². The lowest BCUT2D eigenvalue weighted by atomic mass is 10.1. The second-order valence-electron chi connectivity index (χ2n) is 7.31. The highest BCUT2D eigenvalue weighted by Gasteiger charge is 2.18. The van der Waals surface area contributed by atoms with Gasteiger partial charge in [0.2, 0.25) is 0 Å². The van der Waals surface area contributed by atoms with E-state index in [2.05, 4.69) is 39.8 Å². The second-order valence-corrected chi connectivity index (χ2v) is 11.0. The summed E-state index contributed by atoms with van der Waals surface area (Å²) in [5, 5.41) is 0. The lowest BCUT2D eigenvalue weighted by Crippen LogP contribution is -2.11. The van der Waals surface area contributed by atoms with Crippen LogP contribution in [0.25, 0.3) is 0 Å². The van der Waals surface area contributed by atoms with Gasteiger partial charge in [0.25, 0.3) is 0 Å². The minimum atomic E-state index is 0.276. The molecular weight excluding hydrogens is 348 g/mol. The molecule has 0 bridgehead atoms. The van der Waals surface area contributed by atoms with Gasteiger partial charge in [0.1, 0.15) is 0 Å². The molecule has 0 atom stereocenters. The third-order valence-electron chi connectivity index (χ3n) is 4.11. The highest BCUT2D eigenvalue weighted by atomic mass is 33.1. The van der Waals surface area contributed by atoms with E-state index in [1.807, 2.05) is 21.6 Å². The molecule has 0 spiro atoms. The lowest BCUT2D eigenvalue weighted by Gasteiger charge is -2.21. The van der Waals surface area contributed by atoms with E-state index in [9.17, 15) is 0 Å². The summed E-state index contributed by atoms with van der Waals surface area (Å²) < 4.78 is 1.46. The van der Waals surface area contributed by atoms with Crippen molar-refractivity contribution < 1.29 is 0 Å². The first-order chi connectivity index (χ1) is 11.5. The summed E-state index contributed by atoms with van der Waals surface area (Å²) in [4.78, 5) is 0. The van der Waals surface area contributed by atoms with Gasteiger partial charge in [-0.15, -0.1) is 0 Å². The molecule has 0 radical (unpaired) electrons. The average molecular weight is 389 g/mol. The smallest absolute Gasteiger partial charge is 0.0587 e. The van der Waals surface area contributed by atoms with Gasteiger partial charge in [-0.3, -0.25) is 0 Å². The van der Waals surface area contributed by atoms with Crippen molar-refractivity contribution in [1.29, 1.82) is 0 Å². The Labute approximate surface area is 165 Å². The summed E-state index contributed by atoms with van der Waals surface area (Å²) in [6.07, 6.45) is 21.9. The highest BCUT2D eigenvalue weighted by molar-refractivity contribution is 8.84. The number of rotatable bonds is 16. The number of hydrogen-bond donors (Lipinski definition) is 0. The first-order valence-electron chi connectivity index (χ1n) is 10.1. The summed E-state index contributed by atoms with van der Waals surface area (Å²) in [7, 11) is 3.78. The quantitative estimate of drug-likeness (QED) is 0.112. The van der Waals surface area contributed by atoms with Crippen LogP contribution in [0.1, 0.15) is 111 Å². The Morgan fingerprint density at radius 2 is 1.38 bits per heavy atom.